The van der Waals surface area contributed by atoms with Crippen LogP contribution in [0, 0.1) is 0 Å². The number of quaternary nitrogens is 1. The lowest BCUT2D eigenvalue weighted by atomic mass is 10.0. The summed E-state index contributed by atoms with van der Waals surface area (Å²) in [5.41, 5.74) is 0. The van der Waals surface area contributed by atoms with Crippen LogP contribution in [0.1, 0.15) is 239 Å². The summed E-state index contributed by atoms with van der Waals surface area (Å²) in [5, 5.41) is 3.01. The molecule has 0 spiro atoms. The zero-order chi connectivity index (χ0) is 48.0. The van der Waals surface area contributed by atoms with E-state index < -0.39 is 26.6 Å². The minimum atomic E-state index is -4.69. The van der Waals surface area contributed by atoms with Crippen LogP contribution in [-0.2, 0) is 27.9 Å². The van der Waals surface area contributed by atoms with Crippen molar-refractivity contribution in [1.29, 1.82) is 0 Å². The van der Waals surface area contributed by atoms with Crippen molar-refractivity contribution >= 4 is 19.7 Å². The maximum Gasteiger partial charge on any atom is 0.306 e. The van der Waals surface area contributed by atoms with Gasteiger partial charge in [0.25, 0.3) is 7.82 Å². The number of phosphoric ester groups is 1. The monoisotopic (exact) mass is 935 g/mol. The summed E-state index contributed by atoms with van der Waals surface area (Å²) in [4.78, 5) is 39.7. The lowest BCUT2D eigenvalue weighted by Gasteiger charge is -2.30. The van der Waals surface area contributed by atoms with Crippen LogP contribution in [0.3, 0.4) is 0 Å². The summed E-state index contributed by atoms with van der Waals surface area (Å²) >= 11 is 0. The van der Waals surface area contributed by atoms with Gasteiger partial charge in [0.05, 0.1) is 33.8 Å². The molecule has 0 aliphatic heterocycles. The summed E-state index contributed by atoms with van der Waals surface area (Å²) in [6.45, 7) is 6.70. The van der Waals surface area contributed by atoms with Crippen molar-refractivity contribution in [1.82, 2.24) is 5.32 Å². The van der Waals surface area contributed by atoms with Gasteiger partial charge in [0.2, 0.25) is 5.91 Å². The number of esters is 1. The van der Waals surface area contributed by atoms with Crippen molar-refractivity contribution in [2.24, 2.45) is 0 Å². The summed E-state index contributed by atoms with van der Waals surface area (Å²) < 4.78 is 30.1. The average molecular weight is 935 g/mol. The van der Waals surface area contributed by atoms with Crippen molar-refractivity contribution < 1.29 is 37.3 Å². The first kappa shape index (κ1) is 63.0. The van der Waals surface area contributed by atoms with Crippen LogP contribution in [0.25, 0.3) is 0 Å². The highest BCUT2D eigenvalue weighted by molar-refractivity contribution is 7.45. The summed E-state index contributed by atoms with van der Waals surface area (Å²) in [7, 11) is 1.17. The fourth-order valence-corrected chi connectivity index (χ4v) is 8.32. The van der Waals surface area contributed by atoms with E-state index in [0.717, 1.165) is 83.5 Å². The summed E-state index contributed by atoms with van der Waals surface area (Å²) in [6.07, 6.45) is 53.6. The van der Waals surface area contributed by atoms with Crippen LogP contribution in [0.4, 0.5) is 0 Å². The van der Waals surface area contributed by atoms with Gasteiger partial charge in [-0.15, -0.1) is 0 Å². The number of hydrogen-bond donors (Lipinski definition) is 1. The molecule has 0 fully saturated rings. The molecule has 10 heteroatoms. The van der Waals surface area contributed by atoms with E-state index in [1.54, 1.807) is 0 Å². The number of likely N-dealkylation sites (N-methyl/N-ethyl adjacent to an activating group) is 1. The second-order valence-electron chi connectivity index (χ2n) is 19.4. The minimum absolute atomic E-state index is 0.0255. The van der Waals surface area contributed by atoms with Gasteiger partial charge in [-0.05, 0) is 63.9 Å². The Bertz CT molecular complexity index is 1260. The van der Waals surface area contributed by atoms with Gasteiger partial charge in [-0.2, -0.15) is 0 Å². The largest absolute Gasteiger partial charge is 0.756 e. The smallest absolute Gasteiger partial charge is 0.306 e. The van der Waals surface area contributed by atoms with Gasteiger partial charge in [-0.25, -0.2) is 0 Å². The first-order valence-corrected chi connectivity index (χ1v) is 28.4. The first-order chi connectivity index (χ1) is 31.4. The number of carbonyl (C=O) groups is 2. The van der Waals surface area contributed by atoms with Gasteiger partial charge in [0, 0.05) is 12.8 Å². The fraction of sp³-hybridized carbons (Fsp3) is 0.818. The molecule has 3 atom stereocenters. The lowest BCUT2D eigenvalue weighted by Crippen LogP contribution is -2.47. The highest BCUT2D eigenvalue weighted by Crippen LogP contribution is 2.38. The Kier molecular flexibility index (Phi) is 44.3. The SMILES string of the molecule is CC/C=C/C/C=C/C/C=C/CCCCCCC(=O)OC(/C=C/CCCCCCCCCCC)C(COP(=O)([O-])OCC[N+](C)(C)C)NC(=O)CCCCCCCCCCCCCCCC. The van der Waals surface area contributed by atoms with E-state index in [-0.39, 0.29) is 24.9 Å². The van der Waals surface area contributed by atoms with E-state index in [1.807, 2.05) is 33.3 Å². The molecule has 0 radical (unpaired) electrons. The first-order valence-electron chi connectivity index (χ1n) is 26.9. The maximum absolute atomic E-state index is 13.4. The van der Waals surface area contributed by atoms with Crippen LogP contribution in [0.2, 0.25) is 0 Å². The van der Waals surface area contributed by atoms with E-state index in [2.05, 4.69) is 62.5 Å². The van der Waals surface area contributed by atoms with E-state index in [1.165, 1.54) is 116 Å². The van der Waals surface area contributed by atoms with Crippen molar-refractivity contribution in [3.05, 3.63) is 48.6 Å². The highest BCUT2D eigenvalue weighted by atomic mass is 31.2. The Labute approximate surface area is 401 Å². The molecule has 0 rings (SSSR count). The third kappa shape index (κ3) is 46.9. The molecule has 0 aromatic carbocycles. The lowest BCUT2D eigenvalue weighted by molar-refractivity contribution is -0.870. The van der Waals surface area contributed by atoms with Crippen LogP contribution in [0.5, 0.6) is 0 Å². The van der Waals surface area contributed by atoms with E-state index in [9.17, 15) is 19.0 Å². The maximum atomic E-state index is 13.4. The van der Waals surface area contributed by atoms with Crippen LogP contribution in [0.15, 0.2) is 48.6 Å². The van der Waals surface area contributed by atoms with Crippen LogP contribution in [-0.4, -0.2) is 69.4 Å². The second kappa shape index (κ2) is 45.7. The molecule has 1 N–H and O–H groups in total. The third-order valence-corrected chi connectivity index (χ3v) is 12.7. The predicted octanol–water partition coefficient (Wildman–Crippen LogP) is 15.1. The Morgan fingerprint density at radius 2 is 0.985 bits per heavy atom. The number of rotatable bonds is 48. The summed E-state index contributed by atoms with van der Waals surface area (Å²) in [5.74, 6) is -0.564. The van der Waals surface area contributed by atoms with Gasteiger partial charge in [0.15, 0.2) is 0 Å². The molecule has 0 bridgehead atoms. The summed E-state index contributed by atoms with van der Waals surface area (Å²) in [6, 6.07) is -0.892. The molecule has 65 heavy (non-hydrogen) atoms. The Morgan fingerprint density at radius 1 is 0.554 bits per heavy atom. The molecular formula is C55H103N2O7P. The van der Waals surface area contributed by atoms with Crippen molar-refractivity contribution in [2.45, 2.75) is 251 Å². The van der Waals surface area contributed by atoms with Crippen molar-refractivity contribution in [3.8, 4) is 0 Å². The Balaban J connectivity index is 5.41. The van der Waals surface area contributed by atoms with Crippen molar-refractivity contribution in [3.63, 3.8) is 0 Å². The molecule has 9 nitrogen and oxygen atoms in total. The number of ether oxygens (including phenoxy) is 1. The van der Waals surface area contributed by atoms with Crippen molar-refractivity contribution in [2.75, 3.05) is 40.9 Å². The van der Waals surface area contributed by atoms with Gasteiger partial charge in [0.1, 0.15) is 19.3 Å². The molecule has 1 amide bonds. The Hall–Kier alpha value is -2.03. The number of nitrogens with one attached hydrogen (secondary N) is 1. The van der Waals surface area contributed by atoms with Gasteiger partial charge in [-0.1, -0.05) is 211 Å². The number of allylic oxidation sites excluding steroid dienone is 7. The highest BCUT2D eigenvalue weighted by Gasteiger charge is 2.27. The molecule has 0 saturated carbocycles. The Morgan fingerprint density at radius 3 is 1.48 bits per heavy atom. The predicted molar refractivity (Wildman–Crippen MR) is 275 cm³/mol. The van der Waals surface area contributed by atoms with E-state index in [4.69, 9.17) is 13.8 Å². The number of phosphoric acid groups is 1. The number of carbonyl (C=O) groups excluding carboxylic acids is 2. The average Bonchev–Trinajstić information content (AvgIpc) is 3.26. The number of unbranched alkanes of at least 4 members (excludes halogenated alkanes) is 26. The third-order valence-electron chi connectivity index (χ3n) is 11.8. The van der Waals surface area contributed by atoms with Gasteiger partial charge < -0.3 is 28.5 Å². The standard InChI is InChI=1S/C55H103N2O7P/c1-7-10-13-16-19-22-25-27-29-32-35-38-41-44-47-54(58)56-52(51-63-65(60,61)62-50-49-57(4,5)6)53(46-43-40-37-34-31-24-21-18-15-12-9-3)64-55(59)48-45-42-39-36-33-30-28-26-23-20-17-14-11-8-2/h11,14,20,23,28,30,43,46,52-53H,7-10,12-13,15-19,21-22,24-27,29,31-42,44-45,47-51H2,1-6H3,(H-,56,58,60,61)/b14-11+,23-20+,30-28+,46-43+. The molecule has 380 valence electrons. The fourth-order valence-electron chi connectivity index (χ4n) is 7.59. The van der Waals surface area contributed by atoms with E-state index >= 15 is 0 Å². The zero-order valence-electron chi connectivity index (χ0n) is 43.2. The molecule has 0 aromatic heterocycles. The van der Waals surface area contributed by atoms with E-state index in [0.29, 0.717) is 23.9 Å². The molecule has 0 heterocycles. The van der Waals surface area contributed by atoms with Crippen LogP contribution < -0.4 is 10.2 Å². The zero-order valence-corrected chi connectivity index (χ0v) is 44.1. The van der Waals surface area contributed by atoms with Crippen LogP contribution >= 0.6 is 7.82 Å². The molecule has 0 aromatic rings. The minimum Gasteiger partial charge on any atom is -0.756 e. The topological polar surface area (TPSA) is 114 Å². The quantitative estimate of drug-likeness (QED) is 0.0212. The van der Waals surface area contributed by atoms with Gasteiger partial charge >= 0.3 is 5.97 Å². The molecular weight excluding hydrogens is 832 g/mol. The molecule has 0 aliphatic rings. The van der Waals surface area contributed by atoms with Gasteiger partial charge in [-0.3, -0.25) is 14.2 Å². The molecule has 3 unspecified atom stereocenters. The number of nitrogens with zero attached hydrogens (tertiary/aromatic N) is 1. The molecule has 0 saturated heterocycles. The number of hydrogen-bond acceptors (Lipinski definition) is 7. The molecule has 0 aliphatic carbocycles. The second-order valence-corrected chi connectivity index (χ2v) is 20.8. The number of amides is 1. The normalized spacial score (nSPS) is 14.3.